The summed E-state index contributed by atoms with van der Waals surface area (Å²) in [4.78, 5) is 18.2. The molecule has 3 rings (SSSR count). The van der Waals surface area contributed by atoms with Crippen LogP contribution in [0.25, 0.3) is 22.2 Å². The van der Waals surface area contributed by atoms with Gasteiger partial charge in [0.15, 0.2) is 0 Å². The van der Waals surface area contributed by atoms with E-state index in [0.29, 0.717) is 5.52 Å². The molecule has 0 unspecified atom stereocenters. The van der Waals surface area contributed by atoms with Crippen molar-refractivity contribution in [2.75, 3.05) is 0 Å². The molecule has 0 aliphatic carbocycles. The highest BCUT2D eigenvalue weighted by atomic mass is 16.1. The Morgan fingerprint density at radius 2 is 2.13 bits per heavy atom. The number of nitrogens with zero attached hydrogens (tertiary/aromatic N) is 1. The normalized spacial score (nSPS) is 10.9. The minimum Gasteiger partial charge on any atom is -0.327 e. The lowest BCUT2D eigenvalue weighted by molar-refractivity contribution is 0.973. The lowest BCUT2D eigenvalue weighted by atomic mass is 10.1. The van der Waals surface area contributed by atoms with Crippen molar-refractivity contribution in [1.82, 2.24) is 20.2 Å². The fraction of sp³-hybridized carbons (Fsp3) is 0. The molecule has 0 radical (unpaired) electrons. The number of nitrogens with one attached hydrogen (secondary N) is 3. The second kappa shape index (κ2) is 2.84. The Morgan fingerprint density at radius 1 is 1.27 bits per heavy atom. The zero-order valence-electron chi connectivity index (χ0n) is 7.74. The quantitative estimate of drug-likeness (QED) is 0.552. The number of aromatic nitrogens is 4. The lowest BCUT2D eigenvalue weighted by Gasteiger charge is -2.07. The molecular formula is C10H8N4O. The predicted molar refractivity (Wildman–Crippen MR) is 56.5 cm³/mol. The van der Waals surface area contributed by atoms with E-state index >= 15 is 0 Å². The van der Waals surface area contributed by atoms with Gasteiger partial charge < -0.3 is 10.1 Å². The Balaban J connectivity index is 2.44. The molecule has 3 aromatic rings. The minimum absolute atomic E-state index is 0.165. The number of fused-ring (bicyclic) bond motifs is 1. The van der Waals surface area contributed by atoms with Crippen LogP contribution in [0.2, 0.25) is 0 Å². The molecule has 0 spiro atoms. The van der Waals surface area contributed by atoms with Gasteiger partial charge in [0.1, 0.15) is 5.52 Å². The Morgan fingerprint density at radius 3 is 2.87 bits per heavy atom. The number of aromatic amines is 3. The van der Waals surface area contributed by atoms with Gasteiger partial charge in [-0.3, -0.25) is 14.9 Å². The van der Waals surface area contributed by atoms with Crippen molar-refractivity contribution in [3.05, 3.63) is 41.1 Å². The first-order chi connectivity index (χ1) is 7.36. The molecule has 0 amide bonds. The van der Waals surface area contributed by atoms with Crippen LogP contribution < -0.4 is 5.56 Å². The summed E-state index contributed by atoms with van der Waals surface area (Å²) in [7, 11) is 0. The molecule has 0 aliphatic heterocycles. The van der Waals surface area contributed by atoms with E-state index < -0.39 is 0 Å². The zero-order chi connectivity index (χ0) is 10.3. The fourth-order valence-electron chi connectivity index (χ4n) is 1.60. The van der Waals surface area contributed by atoms with E-state index in [4.69, 9.17) is 0 Å². The third-order valence-electron chi connectivity index (χ3n) is 2.37. The summed E-state index contributed by atoms with van der Waals surface area (Å²) >= 11 is 0. The van der Waals surface area contributed by atoms with Gasteiger partial charge in [0.25, 0.3) is 5.56 Å². The highest BCUT2D eigenvalue weighted by Crippen LogP contribution is 2.22. The Hall–Kier alpha value is -2.30. The monoisotopic (exact) mass is 200 g/mol. The van der Waals surface area contributed by atoms with Crippen molar-refractivity contribution in [3.63, 3.8) is 0 Å². The average molecular weight is 200 g/mol. The van der Waals surface area contributed by atoms with Crippen LogP contribution in [0.5, 0.6) is 0 Å². The number of rotatable bonds is 1. The average Bonchev–Trinajstić information content (AvgIpc) is 2.20. The topological polar surface area (TPSA) is 77.3 Å². The molecule has 5 heteroatoms. The van der Waals surface area contributed by atoms with Crippen molar-refractivity contribution >= 4 is 10.9 Å². The molecule has 0 bridgehead atoms. The van der Waals surface area contributed by atoms with Crippen molar-refractivity contribution in [1.29, 1.82) is 0 Å². The first-order valence-corrected chi connectivity index (χ1v) is 4.55. The van der Waals surface area contributed by atoms with Gasteiger partial charge in [0.05, 0.1) is 5.69 Å². The van der Waals surface area contributed by atoms with Gasteiger partial charge in [-0.1, -0.05) is 6.07 Å². The largest absolute Gasteiger partial charge is 0.327 e. The Bertz CT molecular complexity index is 652. The summed E-state index contributed by atoms with van der Waals surface area (Å²) in [5.74, 6) is 0. The molecule has 3 N–H and O–H groups in total. The van der Waals surface area contributed by atoms with E-state index in [1.54, 1.807) is 12.4 Å². The van der Waals surface area contributed by atoms with Gasteiger partial charge in [-0.2, -0.15) is 0 Å². The van der Waals surface area contributed by atoms with E-state index in [1.807, 2.05) is 18.3 Å². The lowest BCUT2D eigenvalue weighted by Crippen LogP contribution is -2.08. The van der Waals surface area contributed by atoms with E-state index in [0.717, 1.165) is 16.6 Å². The number of pyridine rings is 2. The minimum atomic E-state index is -0.165. The van der Waals surface area contributed by atoms with E-state index in [-0.39, 0.29) is 5.56 Å². The van der Waals surface area contributed by atoms with Crippen LogP contribution in [0.1, 0.15) is 0 Å². The molecule has 3 heterocycles. The molecule has 0 aromatic carbocycles. The molecule has 74 valence electrons. The van der Waals surface area contributed by atoms with Gasteiger partial charge >= 0.3 is 0 Å². The summed E-state index contributed by atoms with van der Waals surface area (Å²) in [5, 5.41) is 6.60. The third-order valence-corrected chi connectivity index (χ3v) is 2.37. The van der Waals surface area contributed by atoms with Crippen LogP contribution in [0, 0.1) is 0 Å². The smallest absolute Gasteiger partial charge is 0.274 e. The summed E-state index contributed by atoms with van der Waals surface area (Å²) in [5.41, 5.74) is 2.19. The number of H-pyrrole nitrogens is 3. The van der Waals surface area contributed by atoms with Crippen molar-refractivity contribution < 1.29 is 0 Å². The molecule has 15 heavy (non-hydrogen) atoms. The standard InChI is InChI=1S/C10H8N4O/c15-10-9-6(2-1-3-11-9)7(4-12-10)8-5-13-14-8/h1-5,13-14H,(H,12,15). The van der Waals surface area contributed by atoms with Crippen LogP contribution in [0.3, 0.4) is 0 Å². The third kappa shape index (κ3) is 1.10. The van der Waals surface area contributed by atoms with Crippen LogP contribution in [0.15, 0.2) is 35.5 Å². The Labute approximate surface area is 84.2 Å². The first-order valence-electron chi connectivity index (χ1n) is 4.55. The van der Waals surface area contributed by atoms with Crippen LogP contribution in [0.4, 0.5) is 0 Å². The van der Waals surface area contributed by atoms with Gasteiger partial charge in [-0.05, 0) is 6.07 Å². The van der Waals surface area contributed by atoms with Crippen molar-refractivity contribution in [2.45, 2.75) is 0 Å². The van der Waals surface area contributed by atoms with E-state index in [2.05, 4.69) is 20.2 Å². The molecule has 0 fully saturated rings. The maximum Gasteiger partial charge on any atom is 0.274 e. The van der Waals surface area contributed by atoms with Crippen LogP contribution in [-0.2, 0) is 0 Å². The summed E-state index contributed by atoms with van der Waals surface area (Å²) < 4.78 is 0. The zero-order valence-corrected chi connectivity index (χ0v) is 7.74. The van der Waals surface area contributed by atoms with Gasteiger partial charge in [0, 0.05) is 29.5 Å². The summed E-state index contributed by atoms with van der Waals surface area (Å²) in [6.45, 7) is 0. The molecule has 0 saturated heterocycles. The number of hydrogen-bond acceptors (Lipinski definition) is 2. The van der Waals surface area contributed by atoms with E-state index in [1.165, 1.54) is 0 Å². The second-order valence-corrected chi connectivity index (χ2v) is 3.26. The highest BCUT2D eigenvalue weighted by molar-refractivity contribution is 5.92. The van der Waals surface area contributed by atoms with Crippen molar-refractivity contribution in [3.8, 4) is 11.3 Å². The molecular weight excluding hydrogens is 192 g/mol. The Kier molecular flexibility index (Phi) is 1.53. The van der Waals surface area contributed by atoms with Gasteiger partial charge in [-0.25, -0.2) is 0 Å². The molecule has 0 saturated carbocycles. The molecule has 5 nitrogen and oxygen atoms in total. The molecule has 3 aromatic heterocycles. The summed E-state index contributed by atoms with van der Waals surface area (Å²) in [6.07, 6.45) is 5.13. The maximum absolute atomic E-state index is 11.5. The highest BCUT2D eigenvalue weighted by Gasteiger charge is 2.08. The van der Waals surface area contributed by atoms with Gasteiger partial charge in [-0.15, -0.1) is 0 Å². The molecule has 0 atom stereocenters. The SMILES string of the molecule is O=c1[nH]cc(-c2c[nH][nH]2)c2cccnc12. The van der Waals surface area contributed by atoms with Crippen LogP contribution in [-0.4, -0.2) is 20.2 Å². The second-order valence-electron chi connectivity index (χ2n) is 3.26. The predicted octanol–water partition coefficient (Wildman–Crippen LogP) is 1.25. The fourth-order valence-corrected chi connectivity index (χ4v) is 1.60. The van der Waals surface area contributed by atoms with E-state index in [9.17, 15) is 4.79 Å². The summed E-state index contributed by atoms with van der Waals surface area (Å²) in [6, 6.07) is 3.70. The van der Waals surface area contributed by atoms with Crippen molar-refractivity contribution in [2.24, 2.45) is 0 Å². The number of hydrogen-bond donors (Lipinski definition) is 3. The maximum atomic E-state index is 11.5. The van der Waals surface area contributed by atoms with Gasteiger partial charge in [0.2, 0.25) is 0 Å². The van der Waals surface area contributed by atoms with Crippen LogP contribution >= 0.6 is 0 Å². The molecule has 0 aliphatic rings. The first kappa shape index (κ1) is 8.05.